The van der Waals surface area contributed by atoms with Crippen LogP contribution in [0.1, 0.15) is 50.2 Å². The number of unbranched alkanes of at least 4 members (excludes halogenated alkanes) is 1. The lowest BCUT2D eigenvalue weighted by Gasteiger charge is -2.61. The molecule has 1 unspecified atom stereocenters. The van der Waals surface area contributed by atoms with Crippen LogP contribution in [0.3, 0.4) is 0 Å². The van der Waals surface area contributed by atoms with E-state index in [4.69, 9.17) is 14.2 Å². The van der Waals surface area contributed by atoms with E-state index in [1.165, 1.54) is 0 Å². The minimum atomic E-state index is -1.23. The first-order chi connectivity index (χ1) is 15.8. The highest BCUT2D eigenvalue weighted by Crippen LogP contribution is 2.65. The molecule has 0 radical (unpaired) electrons. The smallest absolute Gasteiger partial charge is 0.325 e. The van der Waals surface area contributed by atoms with E-state index in [1.807, 2.05) is 26.1 Å². The molecule has 0 aromatic heterocycles. The van der Waals surface area contributed by atoms with Crippen molar-refractivity contribution in [2.24, 2.45) is 5.92 Å². The molecule has 1 aromatic carbocycles. The molecular formula is C25H31NO7. The molecule has 2 heterocycles. The topological polar surface area (TPSA) is 106 Å². The van der Waals surface area contributed by atoms with Crippen LogP contribution in [0.2, 0.25) is 0 Å². The van der Waals surface area contributed by atoms with Gasteiger partial charge in [0.25, 0.3) is 0 Å². The molecule has 8 nitrogen and oxygen atoms in total. The standard InChI is InChI=1S/C25H31NO7/c1-4-5-6-15(22(27)28)23(29)32-17-9-10-25(30)18-13-14-7-8-16(31-3)20-19(14)24(25,21(17)33-20)11-12-26(18)2/h7-9,15,18,21,30H,4-6,10-13H2,1-3H3,(H,27,28)/t15?,18-,21+,24+,25-/m1/s1. The van der Waals surface area contributed by atoms with E-state index in [2.05, 4.69) is 4.90 Å². The molecular weight excluding hydrogens is 426 g/mol. The van der Waals surface area contributed by atoms with Gasteiger partial charge in [0, 0.05) is 18.0 Å². The number of carbonyl (C=O) groups excluding carboxylic acids is 1. The number of esters is 1. The molecule has 1 spiro atoms. The van der Waals surface area contributed by atoms with Gasteiger partial charge in [-0.25, -0.2) is 0 Å². The predicted molar refractivity (Wildman–Crippen MR) is 118 cm³/mol. The van der Waals surface area contributed by atoms with Crippen LogP contribution in [0.25, 0.3) is 0 Å². The zero-order chi connectivity index (χ0) is 23.5. The zero-order valence-corrected chi connectivity index (χ0v) is 19.3. The van der Waals surface area contributed by atoms with Crippen molar-refractivity contribution in [2.45, 2.75) is 68.6 Å². The predicted octanol–water partition coefficient (Wildman–Crippen LogP) is 2.41. The van der Waals surface area contributed by atoms with Crippen molar-refractivity contribution in [3.8, 4) is 11.5 Å². The van der Waals surface area contributed by atoms with E-state index in [9.17, 15) is 19.8 Å². The van der Waals surface area contributed by atoms with Crippen molar-refractivity contribution in [1.82, 2.24) is 4.90 Å². The fourth-order valence-electron chi connectivity index (χ4n) is 6.53. The molecule has 1 saturated heterocycles. The van der Waals surface area contributed by atoms with Gasteiger partial charge in [-0.05, 0) is 50.6 Å². The average Bonchev–Trinajstić information content (AvgIpc) is 3.14. The van der Waals surface area contributed by atoms with Crippen LogP contribution in [-0.2, 0) is 26.2 Å². The second-order valence-corrected chi connectivity index (χ2v) is 9.74. The average molecular weight is 458 g/mol. The van der Waals surface area contributed by atoms with Crippen LogP contribution in [0.4, 0.5) is 0 Å². The summed E-state index contributed by atoms with van der Waals surface area (Å²) in [5, 5.41) is 21.8. The third-order valence-electron chi connectivity index (χ3n) is 8.21. The van der Waals surface area contributed by atoms with Gasteiger partial charge in [-0.3, -0.25) is 9.59 Å². The lowest BCUT2D eigenvalue weighted by Crippen LogP contribution is -2.74. The summed E-state index contributed by atoms with van der Waals surface area (Å²) in [7, 11) is 3.61. The molecule has 33 heavy (non-hydrogen) atoms. The second kappa shape index (κ2) is 7.74. The number of likely N-dealkylation sites (tertiary alicyclic amines) is 1. The van der Waals surface area contributed by atoms with Crippen molar-refractivity contribution in [1.29, 1.82) is 0 Å². The lowest BCUT2D eigenvalue weighted by atomic mass is 9.50. The SMILES string of the molecule is CCCCC(C(=O)O)C(=O)OC1=CC[C@@]2(O)[C@H]3Cc4ccc(OC)c5c4[C@@]2(CCN3C)[C@H]1O5. The van der Waals surface area contributed by atoms with Gasteiger partial charge >= 0.3 is 11.9 Å². The maximum Gasteiger partial charge on any atom is 0.325 e. The number of likely N-dealkylation sites (N-methyl/N-ethyl adjacent to an activating group) is 1. The van der Waals surface area contributed by atoms with Crippen LogP contribution in [0.5, 0.6) is 11.5 Å². The van der Waals surface area contributed by atoms with Crippen molar-refractivity contribution < 1.29 is 34.0 Å². The fourth-order valence-corrected chi connectivity index (χ4v) is 6.53. The molecule has 8 heteroatoms. The normalized spacial score (nSPS) is 32.3. The molecule has 2 bridgehead atoms. The van der Waals surface area contributed by atoms with Gasteiger partial charge in [0.15, 0.2) is 23.5 Å². The first-order valence-electron chi connectivity index (χ1n) is 11.7. The quantitative estimate of drug-likeness (QED) is 0.475. The fraction of sp³-hybridized carbons (Fsp3) is 0.600. The molecule has 0 saturated carbocycles. The number of carboxylic acid groups (broad SMARTS) is 1. The number of methoxy groups -OCH3 is 1. The van der Waals surface area contributed by atoms with Crippen molar-refractivity contribution >= 4 is 11.9 Å². The number of carboxylic acids is 1. The maximum atomic E-state index is 12.9. The third kappa shape index (κ3) is 2.89. The Labute approximate surface area is 193 Å². The summed E-state index contributed by atoms with van der Waals surface area (Å²) in [5.74, 6) is -1.73. The van der Waals surface area contributed by atoms with Crippen LogP contribution < -0.4 is 9.47 Å². The largest absolute Gasteiger partial charge is 0.493 e. The zero-order valence-electron chi connectivity index (χ0n) is 19.3. The Bertz CT molecular complexity index is 1040. The Morgan fingerprint density at radius 1 is 1.36 bits per heavy atom. The maximum absolute atomic E-state index is 12.9. The van der Waals surface area contributed by atoms with E-state index < -0.39 is 35.0 Å². The van der Waals surface area contributed by atoms with Gasteiger partial charge in [0.2, 0.25) is 0 Å². The first-order valence-corrected chi connectivity index (χ1v) is 11.7. The van der Waals surface area contributed by atoms with Gasteiger partial charge in [-0.2, -0.15) is 0 Å². The van der Waals surface area contributed by atoms with Crippen LogP contribution in [-0.4, -0.2) is 65.5 Å². The monoisotopic (exact) mass is 457 g/mol. The minimum Gasteiger partial charge on any atom is -0.493 e. The van der Waals surface area contributed by atoms with Crippen LogP contribution >= 0.6 is 0 Å². The molecule has 5 atom stereocenters. The summed E-state index contributed by atoms with van der Waals surface area (Å²) in [5.41, 5.74) is 0.169. The first kappa shape index (κ1) is 22.2. The van der Waals surface area contributed by atoms with Crippen LogP contribution in [0.15, 0.2) is 24.0 Å². The Kier molecular flexibility index (Phi) is 5.21. The Balaban J connectivity index is 1.58. The minimum absolute atomic E-state index is 0.103. The number of benzene rings is 1. The summed E-state index contributed by atoms with van der Waals surface area (Å²) < 4.78 is 17.8. The highest BCUT2D eigenvalue weighted by Gasteiger charge is 2.72. The Morgan fingerprint density at radius 2 is 2.15 bits per heavy atom. The van der Waals surface area contributed by atoms with E-state index in [-0.39, 0.29) is 12.5 Å². The number of aliphatic carboxylic acids is 1. The molecule has 1 fully saturated rings. The summed E-state index contributed by atoms with van der Waals surface area (Å²) in [6.45, 7) is 2.71. The van der Waals surface area contributed by atoms with Crippen molar-refractivity contribution in [2.75, 3.05) is 20.7 Å². The van der Waals surface area contributed by atoms with Gasteiger partial charge in [-0.15, -0.1) is 0 Å². The highest BCUT2D eigenvalue weighted by molar-refractivity contribution is 5.94. The number of rotatable bonds is 7. The molecule has 2 aliphatic heterocycles. The number of aliphatic hydroxyl groups is 1. The summed E-state index contributed by atoms with van der Waals surface area (Å²) >= 11 is 0. The summed E-state index contributed by atoms with van der Waals surface area (Å²) in [6, 6.07) is 3.81. The number of hydrogen-bond acceptors (Lipinski definition) is 7. The summed E-state index contributed by atoms with van der Waals surface area (Å²) in [6.07, 6.45) is 4.25. The molecule has 5 rings (SSSR count). The molecule has 4 aliphatic rings. The van der Waals surface area contributed by atoms with E-state index in [0.717, 1.165) is 24.1 Å². The third-order valence-corrected chi connectivity index (χ3v) is 8.21. The number of ether oxygens (including phenoxy) is 3. The van der Waals surface area contributed by atoms with Gasteiger partial charge in [-0.1, -0.05) is 25.8 Å². The van der Waals surface area contributed by atoms with E-state index in [1.54, 1.807) is 13.2 Å². The number of nitrogens with zero attached hydrogens (tertiary/aromatic N) is 1. The molecule has 178 valence electrons. The van der Waals surface area contributed by atoms with E-state index in [0.29, 0.717) is 42.9 Å². The number of piperidine rings is 1. The highest BCUT2D eigenvalue weighted by atomic mass is 16.6. The lowest BCUT2D eigenvalue weighted by molar-refractivity contribution is -0.172. The molecule has 0 amide bonds. The van der Waals surface area contributed by atoms with Gasteiger partial charge in [0.1, 0.15) is 5.76 Å². The number of carbonyl (C=O) groups is 2. The molecule has 2 N–H and O–H groups in total. The second-order valence-electron chi connectivity index (χ2n) is 9.74. The van der Waals surface area contributed by atoms with E-state index >= 15 is 0 Å². The number of hydrogen-bond donors (Lipinski definition) is 2. The van der Waals surface area contributed by atoms with Crippen LogP contribution in [0, 0.1) is 5.92 Å². The van der Waals surface area contributed by atoms with Gasteiger partial charge in [0.05, 0.1) is 18.1 Å². The van der Waals surface area contributed by atoms with Crippen molar-refractivity contribution in [3.63, 3.8) is 0 Å². The Hall–Kier alpha value is -2.58. The molecule has 2 aliphatic carbocycles. The Morgan fingerprint density at radius 3 is 2.85 bits per heavy atom. The van der Waals surface area contributed by atoms with Gasteiger partial charge < -0.3 is 29.3 Å². The summed E-state index contributed by atoms with van der Waals surface area (Å²) in [4.78, 5) is 26.8. The van der Waals surface area contributed by atoms with Crippen molar-refractivity contribution in [3.05, 3.63) is 35.1 Å². The molecule has 1 aromatic rings.